The van der Waals surface area contributed by atoms with Crippen LogP contribution in [0.25, 0.3) is 0 Å². The van der Waals surface area contributed by atoms with Crippen molar-refractivity contribution < 1.29 is 5.11 Å². The van der Waals surface area contributed by atoms with E-state index in [2.05, 4.69) is 16.4 Å². The van der Waals surface area contributed by atoms with Gasteiger partial charge in [-0.1, -0.05) is 6.07 Å². The van der Waals surface area contributed by atoms with E-state index in [1.165, 1.54) is 5.56 Å². The molecule has 4 heteroatoms. The average molecular weight is 240 g/mol. The third-order valence-corrected chi connectivity index (χ3v) is 3.33. The van der Waals surface area contributed by atoms with Crippen LogP contribution in [0.4, 0.5) is 0 Å². The lowest BCUT2D eigenvalue weighted by Gasteiger charge is -2.16. The van der Waals surface area contributed by atoms with Crippen molar-refractivity contribution in [2.75, 3.05) is 18.1 Å². The summed E-state index contributed by atoms with van der Waals surface area (Å²) in [6.07, 6.45) is 3.65. The number of rotatable bonds is 7. The molecule has 1 heterocycles. The van der Waals surface area contributed by atoms with Crippen LogP contribution in [0.3, 0.4) is 0 Å². The van der Waals surface area contributed by atoms with Crippen LogP contribution in [0.1, 0.15) is 19.4 Å². The fraction of sp³-hybridized carbons (Fsp3) is 0.583. The quantitative estimate of drug-likeness (QED) is 0.712. The Balaban J connectivity index is 2.01. The number of hydrogen-bond donors (Lipinski definition) is 2. The second-order valence-electron chi connectivity index (χ2n) is 4.40. The Kier molecular flexibility index (Phi) is 5.80. The van der Waals surface area contributed by atoms with Gasteiger partial charge in [0.1, 0.15) is 0 Å². The number of nitrogens with zero attached hydrogens (tertiary/aromatic N) is 1. The van der Waals surface area contributed by atoms with Gasteiger partial charge in [-0.05, 0) is 25.5 Å². The first kappa shape index (κ1) is 13.5. The van der Waals surface area contributed by atoms with Gasteiger partial charge < -0.3 is 10.4 Å². The van der Waals surface area contributed by atoms with Crippen molar-refractivity contribution in [3.8, 4) is 0 Å². The summed E-state index contributed by atoms with van der Waals surface area (Å²) in [6, 6.07) is 4.00. The van der Waals surface area contributed by atoms with Crippen LogP contribution < -0.4 is 5.32 Å². The highest BCUT2D eigenvalue weighted by Crippen LogP contribution is 2.10. The smallest absolute Gasteiger partial charge is 0.0681 e. The minimum absolute atomic E-state index is 0.561. The third kappa shape index (κ3) is 6.82. The zero-order valence-corrected chi connectivity index (χ0v) is 10.8. The van der Waals surface area contributed by atoms with Crippen molar-refractivity contribution in [3.63, 3.8) is 0 Å². The van der Waals surface area contributed by atoms with E-state index < -0.39 is 5.60 Å². The van der Waals surface area contributed by atoms with Crippen molar-refractivity contribution in [2.24, 2.45) is 0 Å². The van der Waals surface area contributed by atoms with Gasteiger partial charge in [0.2, 0.25) is 0 Å². The molecule has 0 aliphatic heterocycles. The highest BCUT2D eigenvalue weighted by atomic mass is 32.2. The van der Waals surface area contributed by atoms with Gasteiger partial charge in [-0.25, -0.2) is 0 Å². The van der Waals surface area contributed by atoms with Crippen LogP contribution in [0.15, 0.2) is 24.5 Å². The topological polar surface area (TPSA) is 45.1 Å². The van der Waals surface area contributed by atoms with Gasteiger partial charge >= 0.3 is 0 Å². The maximum atomic E-state index is 9.50. The number of hydrogen-bond acceptors (Lipinski definition) is 4. The number of aliphatic hydroxyl groups is 1. The number of aromatic nitrogens is 1. The van der Waals surface area contributed by atoms with Crippen LogP contribution in [0.5, 0.6) is 0 Å². The summed E-state index contributed by atoms with van der Waals surface area (Å²) in [4.78, 5) is 4.05. The van der Waals surface area contributed by atoms with Crippen molar-refractivity contribution in [1.29, 1.82) is 0 Å². The molecule has 1 aromatic rings. The van der Waals surface area contributed by atoms with Crippen molar-refractivity contribution >= 4 is 11.8 Å². The first-order valence-electron chi connectivity index (χ1n) is 5.48. The Morgan fingerprint density at radius 3 is 2.94 bits per heavy atom. The summed E-state index contributed by atoms with van der Waals surface area (Å²) in [5.41, 5.74) is 0.642. The molecule has 1 rings (SSSR count). The number of thioether (sulfide) groups is 1. The molecule has 90 valence electrons. The maximum Gasteiger partial charge on any atom is 0.0681 e. The van der Waals surface area contributed by atoms with E-state index in [4.69, 9.17) is 0 Å². The zero-order chi connectivity index (χ0) is 11.9. The van der Waals surface area contributed by atoms with E-state index in [-0.39, 0.29) is 0 Å². The second-order valence-corrected chi connectivity index (χ2v) is 5.51. The molecule has 0 aromatic carbocycles. The molecule has 16 heavy (non-hydrogen) atoms. The summed E-state index contributed by atoms with van der Waals surface area (Å²) in [5.74, 6) is 1.80. The van der Waals surface area contributed by atoms with E-state index >= 15 is 0 Å². The molecule has 0 saturated carbocycles. The van der Waals surface area contributed by atoms with E-state index in [9.17, 15) is 5.11 Å². The summed E-state index contributed by atoms with van der Waals surface area (Å²) in [5, 5.41) is 12.8. The Morgan fingerprint density at radius 2 is 2.31 bits per heavy atom. The third-order valence-electron chi connectivity index (χ3n) is 1.93. The molecule has 0 atom stereocenters. The molecule has 1 aromatic heterocycles. The Labute approximate surface area is 102 Å². The van der Waals surface area contributed by atoms with Gasteiger partial charge in [-0.3, -0.25) is 4.98 Å². The van der Waals surface area contributed by atoms with Gasteiger partial charge in [0.25, 0.3) is 0 Å². The molecule has 3 nitrogen and oxygen atoms in total. The highest BCUT2D eigenvalue weighted by molar-refractivity contribution is 7.99. The monoisotopic (exact) mass is 240 g/mol. The predicted molar refractivity (Wildman–Crippen MR) is 69.6 cm³/mol. The second kappa shape index (κ2) is 6.89. The minimum Gasteiger partial charge on any atom is -0.390 e. The Hall–Kier alpha value is -0.580. The first-order chi connectivity index (χ1) is 7.58. The van der Waals surface area contributed by atoms with Crippen LogP contribution in [-0.4, -0.2) is 33.7 Å². The van der Waals surface area contributed by atoms with E-state index in [0.717, 1.165) is 24.6 Å². The number of nitrogens with one attached hydrogen (secondary N) is 1. The Morgan fingerprint density at radius 1 is 1.50 bits per heavy atom. The fourth-order valence-corrected chi connectivity index (χ4v) is 2.13. The van der Waals surface area contributed by atoms with Gasteiger partial charge in [0.15, 0.2) is 0 Å². The van der Waals surface area contributed by atoms with Crippen LogP contribution in [-0.2, 0) is 6.54 Å². The van der Waals surface area contributed by atoms with Crippen molar-refractivity contribution in [1.82, 2.24) is 10.3 Å². The lowest BCUT2D eigenvalue weighted by atomic mass is 10.2. The molecule has 0 saturated heterocycles. The van der Waals surface area contributed by atoms with Crippen molar-refractivity contribution in [3.05, 3.63) is 30.1 Å². The molecule has 0 aliphatic carbocycles. The van der Waals surface area contributed by atoms with Gasteiger partial charge in [-0.2, -0.15) is 11.8 Å². The van der Waals surface area contributed by atoms with Crippen molar-refractivity contribution in [2.45, 2.75) is 26.0 Å². The van der Waals surface area contributed by atoms with Gasteiger partial charge in [-0.15, -0.1) is 0 Å². The van der Waals surface area contributed by atoms with Crippen LogP contribution >= 0.6 is 11.8 Å². The fourth-order valence-electron chi connectivity index (χ4n) is 1.20. The lowest BCUT2D eigenvalue weighted by Crippen LogP contribution is -2.23. The molecule has 0 fully saturated rings. The zero-order valence-electron chi connectivity index (χ0n) is 9.94. The van der Waals surface area contributed by atoms with E-state index in [1.54, 1.807) is 18.0 Å². The highest BCUT2D eigenvalue weighted by Gasteiger charge is 2.11. The molecular weight excluding hydrogens is 220 g/mol. The molecule has 0 unspecified atom stereocenters. The molecule has 0 aliphatic rings. The molecule has 0 radical (unpaired) electrons. The SMILES string of the molecule is CC(C)(O)CSCCNCc1cccnc1. The van der Waals surface area contributed by atoms with Gasteiger partial charge in [0.05, 0.1) is 5.60 Å². The van der Waals surface area contributed by atoms with Gasteiger partial charge in [0, 0.05) is 37.0 Å². The average Bonchev–Trinajstić information content (AvgIpc) is 2.23. The molecule has 0 bridgehead atoms. The molecule has 0 amide bonds. The first-order valence-corrected chi connectivity index (χ1v) is 6.63. The number of pyridine rings is 1. The Bertz CT molecular complexity index is 285. The van der Waals surface area contributed by atoms with E-state index in [1.807, 2.05) is 26.1 Å². The summed E-state index contributed by atoms with van der Waals surface area (Å²) < 4.78 is 0. The minimum atomic E-state index is -0.561. The maximum absolute atomic E-state index is 9.50. The molecular formula is C12H20N2OS. The van der Waals surface area contributed by atoms with Crippen LogP contribution in [0.2, 0.25) is 0 Å². The molecule has 0 spiro atoms. The lowest BCUT2D eigenvalue weighted by molar-refractivity contribution is 0.107. The molecule has 2 N–H and O–H groups in total. The van der Waals surface area contributed by atoms with E-state index in [0.29, 0.717) is 0 Å². The standard InChI is InChI=1S/C12H20N2OS/c1-12(2,15)10-16-7-6-14-9-11-4-3-5-13-8-11/h3-5,8,14-15H,6-7,9-10H2,1-2H3. The summed E-state index contributed by atoms with van der Waals surface area (Å²) >= 11 is 1.77. The largest absolute Gasteiger partial charge is 0.390 e. The normalized spacial score (nSPS) is 11.7. The summed E-state index contributed by atoms with van der Waals surface area (Å²) in [7, 11) is 0. The predicted octanol–water partition coefficient (Wildman–Crippen LogP) is 1.68. The summed E-state index contributed by atoms with van der Waals surface area (Å²) in [6.45, 7) is 5.48. The van der Waals surface area contributed by atoms with Crippen LogP contribution in [0, 0.1) is 0 Å².